The first-order chi connectivity index (χ1) is 9.40. The predicted octanol–water partition coefficient (Wildman–Crippen LogP) is 2.72. The molecule has 5 nitrogen and oxygen atoms in total. The van der Waals surface area contributed by atoms with E-state index in [4.69, 9.17) is 9.26 Å². The number of rotatable bonds is 2. The fraction of sp³-hybridized carbons (Fsp3) is 0.286. The van der Waals surface area contributed by atoms with E-state index in [-0.39, 0.29) is 5.92 Å². The molecule has 2 aromatic heterocycles. The summed E-state index contributed by atoms with van der Waals surface area (Å²) in [7, 11) is 0. The summed E-state index contributed by atoms with van der Waals surface area (Å²) < 4.78 is 10.7. The van der Waals surface area contributed by atoms with Crippen LogP contribution in [0.4, 0.5) is 0 Å². The van der Waals surface area contributed by atoms with Crippen molar-refractivity contribution < 1.29 is 9.26 Å². The maximum atomic E-state index is 5.36. The lowest BCUT2D eigenvalue weighted by molar-refractivity contribution is 0.192. The molecular formula is C14H13N3O2. The summed E-state index contributed by atoms with van der Waals surface area (Å²) >= 11 is 0. The van der Waals surface area contributed by atoms with Gasteiger partial charge in [0.15, 0.2) is 5.82 Å². The standard InChI is InChI=1S/C14H13N3O2/c1-2-10(7-12-9(1)3-5-15-12)14-16-13(17-19-14)11-4-6-18-8-11/h1-3,5,7,11,15H,4,6,8H2/t11-/m1/s1. The van der Waals surface area contributed by atoms with Crippen LogP contribution in [0.25, 0.3) is 22.4 Å². The number of aromatic nitrogens is 3. The molecule has 3 aromatic rings. The van der Waals surface area contributed by atoms with Crippen LogP contribution in [0, 0.1) is 0 Å². The Labute approximate surface area is 109 Å². The molecule has 0 unspecified atom stereocenters. The average molecular weight is 255 g/mol. The molecule has 96 valence electrons. The summed E-state index contributed by atoms with van der Waals surface area (Å²) in [6.07, 6.45) is 2.89. The largest absolute Gasteiger partial charge is 0.381 e. The number of hydrogen-bond donors (Lipinski definition) is 1. The van der Waals surface area contributed by atoms with Crippen molar-refractivity contribution in [2.75, 3.05) is 13.2 Å². The summed E-state index contributed by atoms with van der Waals surface area (Å²) in [5.74, 6) is 1.59. The maximum Gasteiger partial charge on any atom is 0.258 e. The molecule has 0 bridgehead atoms. The van der Waals surface area contributed by atoms with Gasteiger partial charge in [-0.15, -0.1) is 0 Å². The highest BCUT2D eigenvalue weighted by Gasteiger charge is 2.23. The third-order valence-corrected chi connectivity index (χ3v) is 3.54. The molecule has 4 rings (SSSR count). The third-order valence-electron chi connectivity index (χ3n) is 3.54. The van der Waals surface area contributed by atoms with Gasteiger partial charge in [0, 0.05) is 29.8 Å². The Kier molecular flexibility index (Phi) is 2.38. The van der Waals surface area contributed by atoms with Crippen molar-refractivity contribution in [2.24, 2.45) is 0 Å². The Morgan fingerprint density at radius 1 is 1.26 bits per heavy atom. The quantitative estimate of drug-likeness (QED) is 0.764. The van der Waals surface area contributed by atoms with Crippen molar-refractivity contribution in [1.82, 2.24) is 15.1 Å². The number of nitrogens with zero attached hydrogens (tertiary/aromatic N) is 2. The van der Waals surface area contributed by atoms with Gasteiger partial charge >= 0.3 is 0 Å². The van der Waals surface area contributed by atoms with Crippen LogP contribution in [0.1, 0.15) is 18.2 Å². The van der Waals surface area contributed by atoms with Crippen LogP contribution in [-0.2, 0) is 4.74 Å². The maximum absolute atomic E-state index is 5.36. The van der Waals surface area contributed by atoms with Gasteiger partial charge in [0.1, 0.15) is 0 Å². The summed E-state index contributed by atoms with van der Waals surface area (Å²) in [6.45, 7) is 1.47. The zero-order chi connectivity index (χ0) is 12.7. The molecule has 1 fully saturated rings. The minimum absolute atomic E-state index is 0.270. The van der Waals surface area contributed by atoms with Crippen LogP contribution >= 0.6 is 0 Å². The SMILES string of the molecule is c1cc2ccc(-c3nc([C@@H]4CCOC4)no3)cc2[nH]1. The van der Waals surface area contributed by atoms with E-state index in [1.165, 1.54) is 5.39 Å². The van der Waals surface area contributed by atoms with Crippen LogP contribution in [0.3, 0.4) is 0 Å². The van der Waals surface area contributed by atoms with Gasteiger partial charge in [-0.25, -0.2) is 0 Å². The van der Waals surface area contributed by atoms with Gasteiger partial charge in [-0.3, -0.25) is 0 Å². The van der Waals surface area contributed by atoms with E-state index >= 15 is 0 Å². The Balaban J connectivity index is 1.70. The van der Waals surface area contributed by atoms with Gasteiger partial charge < -0.3 is 14.2 Å². The predicted molar refractivity (Wildman–Crippen MR) is 69.8 cm³/mol. The Bertz CT molecular complexity index is 710. The number of ether oxygens (including phenoxy) is 1. The van der Waals surface area contributed by atoms with Crippen LogP contribution in [0.15, 0.2) is 35.0 Å². The summed E-state index contributed by atoms with van der Waals surface area (Å²) in [4.78, 5) is 7.66. The summed E-state index contributed by atoms with van der Waals surface area (Å²) in [5.41, 5.74) is 2.01. The highest BCUT2D eigenvalue weighted by Crippen LogP contribution is 2.27. The van der Waals surface area contributed by atoms with E-state index < -0.39 is 0 Å². The van der Waals surface area contributed by atoms with Gasteiger partial charge in [0.25, 0.3) is 5.89 Å². The smallest absolute Gasteiger partial charge is 0.258 e. The molecule has 0 aliphatic carbocycles. The molecule has 0 radical (unpaired) electrons. The number of benzene rings is 1. The lowest BCUT2D eigenvalue weighted by Crippen LogP contribution is -1.99. The molecule has 0 spiro atoms. The molecule has 1 N–H and O–H groups in total. The van der Waals surface area contributed by atoms with Crippen LogP contribution < -0.4 is 0 Å². The van der Waals surface area contributed by atoms with E-state index in [0.29, 0.717) is 12.5 Å². The van der Waals surface area contributed by atoms with Crippen LogP contribution in [0.2, 0.25) is 0 Å². The van der Waals surface area contributed by atoms with E-state index in [2.05, 4.69) is 15.1 Å². The number of H-pyrrole nitrogens is 1. The second kappa shape index (κ2) is 4.20. The lowest BCUT2D eigenvalue weighted by atomic mass is 10.1. The highest BCUT2D eigenvalue weighted by atomic mass is 16.5. The Hall–Kier alpha value is -2.14. The minimum Gasteiger partial charge on any atom is -0.381 e. The van der Waals surface area contributed by atoms with Crippen molar-refractivity contribution in [3.05, 3.63) is 36.3 Å². The summed E-state index contributed by atoms with van der Waals surface area (Å²) in [6, 6.07) is 8.11. The Morgan fingerprint density at radius 2 is 2.26 bits per heavy atom. The molecule has 5 heteroatoms. The van der Waals surface area contributed by atoms with Gasteiger partial charge in [-0.1, -0.05) is 11.2 Å². The fourth-order valence-electron chi connectivity index (χ4n) is 2.44. The molecule has 1 saturated heterocycles. The Morgan fingerprint density at radius 3 is 3.16 bits per heavy atom. The number of fused-ring (bicyclic) bond motifs is 1. The molecule has 19 heavy (non-hydrogen) atoms. The number of hydrogen-bond acceptors (Lipinski definition) is 4. The first-order valence-electron chi connectivity index (χ1n) is 6.39. The first kappa shape index (κ1) is 10.8. The molecule has 1 aromatic carbocycles. The van der Waals surface area contributed by atoms with E-state index in [0.717, 1.165) is 29.9 Å². The minimum atomic E-state index is 0.270. The molecular weight excluding hydrogens is 242 g/mol. The van der Waals surface area contributed by atoms with E-state index in [1.54, 1.807) is 0 Å². The second-order valence-electron chi connectivity index (χ2n) is 4.80. The lowest BCUT2D eigenvalue weighted by Gasteiger charge is -1.98. The molecule has 1 aliphatic rings. The van der Waals surface area contributed by atoms with Crippen molar-refractivity contribution >= 4 is 10.9 Å². The molecule has 3 heterocycles. The third kappa shape index (κ3) is 1.82. The zero-order valence-corrected chi connectivity index (χ0v) is 10.3. The molecule has 1 aliphatic heterocycles. The second-order valence-corrected chi connectivity index (χ2v) is 4.80. The van der Waals surface area contributed by atoms with Crippen molar-refractivity contribution in [1.29, 1.82) is 0 Å². The first-order valence-corrected chi connectivity index (χ1v) is 6.39. The van der Waals surface area contributed by atoms with Gasteiger partial charge in [-0.2, -0.15) is 4.98 Å². The number of nitrogens with one attached hydrogen (secondary N) is 1. The number of aromatic amines is 1. The monoisotopic (exact) mass is 255 g/mol. The summed E-state index contributed by atoms with van der Waals surface area (Å²) in [5, 5.41) is 5.24. The van der Waals surface area contributed by atoms with Crippen molar-refractivity contribution in [2.45, 2.75) is 12.3 Å². The van der Waals surface area contributed by atoms with Crippen LogP contribution in [0.5, 0.6) is 0 Å². The van der Waals surface area contributed by atoms with Gasteiger partial charge in [-0.05, 0) is 30.0 Å². The van der Waals surface area contributed by atoms with Gasteiger partial charge in [0.2, 0.25) is 0 Å². The zero-order valence-electron chi connectivity index (χ0n) is 10.3. The molecule has 1 atom stereocenters. The van der Waals surface area contributed by atoms with Crippen LogP contribution in [-0.4, -0.2) is 28.3 Å². The topological polar surface area (TPSA) is 63.9 Å². The average Bonchev–Trinajstić information content (AvgIpc) is 3.18. The normalized spacial score (nSPS) is 19.3. The van der Waals surface area contributed by atoms with Gasteiger partial charge in [0.05, 0.1) is 6.61 Å². The van der Waals surface area contributed by atoms with Crippen molar-refractivity contribution in [3.8, 4) is 11.5 Å². The van der Waals surface area contributed by atoms with Crippen molar-refractivity contribution in [3.63, 3.8) is 0 Å². The van der Waals surface area contributed by atoms with E-state index in [9.17, 15) is 0 Å². The highest BCUT2D eigenvalue weighted by molar-refractivity contribution is 5.83. The van der Waals surface area contributed by atoms with E-state index in [1.807, 2.05) is 30.5 Å². The molecule has 0 amide bonds. The molecule has 0 saturated carbocycles. The fourth-order valence-corrected chi connectivity index (χ4v) is 2.44.